The van der Waals surface area contributed by atoms with Gasteiger partial charge in [-0.25, -0.2) is 4.39 Å². The molecule has 0 saturated carbocycles. The van der Waals surface area contributed by atoms with Gasteiger partial charge in [-0.3, -0.25) is 9.69 Å². The lowest BCUT2D eigenvalue weighted by Crippen LogP contribution is -2.30. The first-order valence-electron chi connectivity index (χ1n) is 5.26. The zero-order valence-corrected chi connectivity index (χ0v) is 10.5. The van der Waals surface area contributed by atoms with Gasteiger partial charge in [-0.05, 0) is 31.7 Å². The van der Waals surface area contributed by atoms with Gasteiger partial charge in [0.2, 0.25) is 0 Å². The first-order chi connectivity index (χ1) is 7.90. The molecule has 0 aliphatic carbocycles. The van der Waals surface area contributed by atoms with Crippen LogP contribution < -0.4 is 0 Å². The van der Waals surface area contributed by atoms with Gasteiger partial charge in [0.15, 0.2) is 0 Å². The Labute approximate surface area is 105 Å². The van der Waals surface area contributed by atoms with E-state index in [1.165, 1.54) is 6.07 Å². The lowest BCUT2D eigenvalue weighted by atomic mass is 10.1. The van der Waals surface area contributed by atoms with E-state index in [1.807, 2.05) is 18.9 Å². The average Bonchev–Trinajstić information content (AvgIpc) is 2.22. The summed E-state index contributed by atoms with van der Waals surface area (Å²) in [6.07, 6.45) is 0.0748. The molecule has 3 nitrogen and oxygen atoms in total. The van der Waals surface area contributed by atoms with Crippen molar-refractivity contribution < 1.29 is 14.3 Å². The molecular weight excluding hydrogens is 245 g/mol. The van der Waals surface area contributed by atoms with E-state index in [4.69, 9.17) is 16.7 Å². The number of rotatable bonds is 5. The standard InChI is InChI=1S/C12H15ClFNO2/c1-8(5-12(16)17)15(2)7-9-3-4-11(14)10(13)6-9/h3-4,6,8H,5,7H2,1-2H3,(H,16,17). The van der Waals surface area contributed by atoms with E-state index in [9.17, 15) is 9.18 Å². The summed E-state index contributed by atoms with van der Waals surface area (Å²) in [5.41, 5.74) is 0.858. The van der Waals surface area contributed by atoms with Gasteiger partial charge in [0.1, 0.15) is 5.82 Å². The number of benzene rings is 1. The molecule has 0 spiro atoms. The third-order valence-electron chi connectivity index (χ3n) is 2.64. The maximum Gasteiger partial charge on any atom is 0.304 e. The molecule has 5 heteroatoms. The molecule has 0 amide bonds. The summed E-state index contributed by atoms with van der Waals surface area (Å²) in [7, 11) is 1.82. The van der Waals surface area contributed by atoms with Gasteiger partial charge in [-0.1, -0.05) is 17.7 Å². The first kappa shape index (κ1) is 13.9. The Balaban J connectivity index is 2.64. The van der Waals surface area contributed by atoms with E-state index in [0.29, 0.717) is 6.54 Å². The minimum absolute atomic E-state index is 0.0748. The molecular formula is C12H15ClFNO2. The van der Waals surface area contributed by atoms with E-state index in [-0.39, 0.29) is 17.5 Å². The highest BCUT2D eigenvalue weighted by Crippen LogP contribution is 2.17. The fourth-order valence-electron chi connectivity index (χ4n) is 1.49. The molecule has 1 atom stereocenters. The Hall–Kier alpha value is -1.13. The highest BCUT2D eigenvalue weighted by atomic mass is 35.5. The number of carboxylic acid groups (broad SMARTS) is 1. The van der Waals surface area contributed by atoms with Crippen molar-refractivity contribution >= 4 is 17.6 Å². The molecule has 0 radical (unpaired) electrons. The van der Waals surface area contributed by atoms with Crippen LogP contribution in [0, 0.1) is 5.82 Å². The van der Waals surface area contributed by atoms with Crippen LogP contribution in [0.25, 0.3) is 0 Å². The topological polar surface area (TPSA) is 40.5 Å². The number of carboxylic acids is 1. The maximum absolute atomic E-state index is 12.9. The van der Waals surface area contributed by atoms with Gasteiger partial charge in [-0.2, -0.15) is 0 Å². The fraction of sp³-hybridized carbons (Fsp3) is 0.417. The van der Waals surface area contributed by atoms with E-state index in [0.717, 1.165) is 5.56 Å². The Bertz CT molecular complexity index is 411. The van der Waals surface area contributed by atoms with Gasteiger partial charge in [-0.15, -0.1) is 0 Å². The first-order valence-corrected chi connectivity index (χ1v) is 5.64. The third-order valence-corrected chi connectivity index (χ3v) is 2.93. The van der Waals surface area contributed by atoms with Crippen LogP contribution in [0.5, 0.6) is 0 Å². The molecule has 0 aromatic heterocycles. The predicted molar refractivity (Wildman–Crippen MR) is 64.6 cm³/mol. The van der Waals surface area contributed by atoms with Crippen molar-refractivity contribution in [2.75, 3.05) is 7.05 Å². The van der Waals surface area contributed by atoms with Crippen molar-refractivity contribution in [1.82, 2.24) is 4.90 Å². The second kappa shape index (κ2) is 5.98. The third kappa shape index (κ3) is 4.32. The Kier molecular flexibility index (Phi) is 4.90. The smallest absolute Gasteiger partial charge is 0.304 e. The highest BCUT2D eigenvalue weighted by Gasteiger charge is 2.13. The second-order valence-corrected chi connectivity index (χ2v) is 4.52. The number of aliphatic carboxylic acids is 1. The minimum Gasteiger partial charge on any atom is -0.481 e. The molecule has 94 valence electrons. The van der Waals surface area contributed by atoms with E-state index < -0.39 is 11.8 Å². The van der Waals surface area contributed by atoms with Gasteiger partial charge in [0, 0.05) is 12.6 Å². The van der Waals surface area contributed by atoms with Crippen LogP contribution >= 0.6 is 11.6 Å². The summed E-state index contributed by atoms with van der Waals surface area (Å²) in [6.45, 7) is 2.37. The number of hydrogen-bond acceptors (Lipinski definition) is 2. The van der Waals surface area contributed by atoms with Crippen molar-refractivity contribution in [2.24, 2.45) is 0 Å². The second-order valence-electron chi connectivity index (χ2n) is 4.11. The van der Waals surface area contributed by atoms with Gasteiger partial charge < -0.3 is 5.11 Å². The Morgan fingerprint density at radius 3 is 2.76 bits per heavy atom. The SMILES string of the molecule is CC(CC(=O)O)N(C)Cc1ccc(F)c(Cl)c1. The predicted octanol–water partition coefficient (Wildman–Crippen LogP) is 2.77. The number of halogens is 2. The van der Waals surface area contributed by atoms with Gasteiger partial charge in [0.05, 0.1) is 11.4 Å². The van der Waals surface area contributed by atoms with Crippen LogP contribution in [0.15, 0.2) is 18.2 Å². The average molecular weight is 260 g/mol. The monoisotopic (exact) mass is 259 g/mol. The quantitative estimate of drug-likeness (QED) is 0.884. The number of carbonyl (C=O) groups is 1. The van der Waals surface area contributed by atoms with Crippen LogP contribution in [-0.2, 0) is 11.3 Å². The van der Waals surface area contributed by atoms with Crippen molar-refractivity contribution in [3.8, 4) is 0 Å². The minimum atomic E-state index is -0.832. The van der Waals surface area contributed by atoms with Crippen LogP contribution in [0.4, 0.5) is 4.39 Å². The molecule has 1 N–H and O–H groups in total. The normalized spacial score (nSPS) is 12.8. The number of nitrogens with zero attached hydrogens (tertiary/aromatic N) is 1. The molecule has 0 bridgehead atoms. The Morgan fingerprint density at radius 2 is 2.24 bits per heavy atom. The van der Waals surface area contributed by atoms with Crippen molar-refractivity contribution in [3.05, 3.63) is 34.6 Å². The van der Waals surface area contributed by atoms with Crippen LogP contribution in [-0.4, -0.2) is 29.1 Å². The zero-order chi connectivity index (χ0) is 13.0. The summed E-state index contributed by atoms with van der Waals surface area (Å²) in [5, 5.41) is 8.77. The molecule has 1 unspecified atom stereocenters. The molecule has 0 heterocycles. The molecule has 0 aliphatic rings. The van der Waals surface area contributed by atoms with Crippen molar-refractivity contribution in [3.63, 3.8) is 0 Å². The van der Waals surface area contributed by atoms with Crippen molar-refractivity contribution in [1.29, 1.82) is 0 Å². The summed E-state index contributed by atoms with van der Waals surface area (Å²) < 4.78 is 12.9. The largest absolute Gasteiger partial charge is 0.481 e. The lowest BCUT2D eigenvalue weighted by molar-refractivity contribution is -0.138. The fourth-order valence-corrected chi connectivity index (χ4v) is 1.69. The molecule has 1 aromatic rings. The molecule has 17 heavy (non-hydrogen) atoms. The lowest BCUT2D eigenvalue weighted by Gasteiger charge is -2.23. The molecule has 1 aromatic carbocycles. The summed E-state index contributed by atoms with van der Waals surface area (Å²) >= 11 is 5.67. The van der Waals surface area contributed by atoms with Crippen LogP contribution in [0.2, 0.25) is 5.02 Å². The number of hydrogen-bond donors (Lipinski definition) is 1. The van der Waals surface area contributed by atoms with E-state index in [2.05, 4.69) is 0 Å². The van der Waals surface area contributed by atoms with Crippen LogP contribution in [0.1, 0.15) is 18.9 Å². The summed E-state index contributed by atoms with van der Waals surface area (Å²) in [4.78, 5) is 12.5. The van der Waals surface area contributed by atoms with Crippen molar-refractivity contribution in [2.45, 2.75) is 25.9 Å². The van der Waals surface area contributed by atoms with Gasteiger partial charge in [0.25, 0.3) is 0 Å². The zero-order valence-electron chi connectivity index (χ0n) is 9.78. The molecule has 1 rings (SSSR count). The van der Waals surface area contributed by atoms with E-state index >= 15 is 0 Å². The maximum atomic E-state index is 12.9. The highest BCUT2D eigenvalue weighted by molar-refractivity contribution is 6.30. The molecule has 0 saturated heterocycles. The molecule has 0 fully saturated rings. The van der Waals surface area contributed by atoms with Gasteiger partial charge >= 0.3 is 5.97 Å². The molecule has 0 aliphatic heterocycles. The summed E-state index contributed by atoms with van der Waals surface area (Å²) in [6, 6.07) is 4.43. The van der Waals surface area contributed by atoms with Crippen LogP contribution in [0.3, 0.4) is 0 Å². The Morgan fingerprint density at radius 1 is 1.59 bits per heavy atom. The summed E-state index contributed by atoms with van der Waals surface area (Å²) in [5.74, 6) is -1.28. The van der Waals surface area contributed by atoms with E-state index in [1.54, 1.807) is 12.1 Å².